The second-order valence-corrected chi connectivity index (χ2v) is 14.1. The zero-order valence-corrected chi connectivity index (χ0v) is 35.0. The summed E-state index contributed by atoms with van der Waals surface area (Å²) in [7, 11) is 2.98. The van der Waals surface area contributed by atoms with Gasteiger partial charge in [-0.15, -0.1) is 0 Å². The fraction of sp³-hybridized carbons (Fsp3) is 0.238. The van der Waals surface area contributed by atoms with Crippen LogP contribution in [0, 0.1) is 23.3 Å². The molecule has 2 aromatic heterocycles. The Morgan fingerprint density at radius 3 is 1.52 bits per heavy atom. The van der Waals surface area contributed by atoms with Crippen molar-refractivity contribution in [2.45, 2.75) is 40.2 Å². The first-order chi connectivity index (χ1) is 27.9. The van der Waals surface area contributed by atoms with Gasteiger partial charge in [0.15, 0.2) is 0 Å². The van der Waals surface area contributed by atoms with Crippen molar-refractivity contribution in [1.29, 1.82) is 0 Å². The standard InChI is InChI=1S/2C21H19BrF2N2O3/c1-3-11-29-21(27)15-5-4-6-16(24)17(15)19-18(22)20(26(25-19)12-28-2)13-7-9-14(23)10-8-13;1-3-11-29-21(27)15-5-4-6-16(24)17(15)20-18(22)19(25-26(20)12-28-2)13-7-9-14(23)10-8-13/h2*4-10H,3,11-12H2,1-2H3. The highest BCUT2D eigenvalue weighted by Crippen LogP contribution is 2.41. The lowest BCUT2D eigenvalue weighted by atomic mass is 10.0. The molecule has 6 rings (SSSR count). The lowest BCUT2D eigenvalue weighted by Gasteiger charge is -2.13. The topological polar surface area (TPSA) is 107 Å². The third-order valence-corrected chi connectivity index (χ3v) is 9.84. The van der Waals surface area contributed by atoms with Gasteiger partial charge in [-0.1, -0.05) is 26.0 Å². The maximum atomic E-state index is 14.9. The minimum atomic E-state index is -0.627. The fourth-order valence-corrected chi connectivity index (χ4v) is 7.22. The van der Waals surface area contributed by atoms with E-state index in [-0.39, 0.29) is 66.3 Å². The largest absolute Gasteiger partial charge is 0.462 e. The molecule has 304 valence electrons. The molecule has 0 aliphatic heterocycles. The van der Waals surface area contributed by atoms with Crippen LogP contribution in [0.5, 0.6) is 0 Å². The van der Waals surface area contributed by atoms with Crippen LogP contribution in [-0.2, 0) is 32.4 Å². The Kier molecular flexibility index (Phi) is 15.5. The highest BCUT2D eigenvalue weighted by atomic mass is 79.9. The number of carbonyl (C=O) groups is 2. The van der Waals surface area contributed by atoms with Gasteiger partial charge in [-0.25, -0.2) is 36.5 Å². The number of benzene rings is 4. The zero-order valence-electron chi connectivity index (χ0n) is 31.8. The number of methoxy groups -OCH3 is 2. The van der Waals surface area contributed by atoms with Crippen LogP contribution in [0.15, 0.2) is 93.9 Å². The number of hydrogen-bond donors (Lipinski definition) is 0. The van der Waals surface area contributed by atoms with Gasteiger partial charge in [0.25, 0.3) is 0 Å². The number of rotatable bonds is 14. The molecular weight excluding hydrogens is 892 g/mol. The second kappa shape index (κ2) is 20.5. The van der Waals surface area contributed by atoms with Crippen molar-refractivity contribution in [3.8, 4) is 45.0 Å². The lowest BCUT2D eigenvalue weighted by Crippen LogP contribution is -2.11. The van der Waals surface area contributed by atoms with Gasteiger partial charge in [-0.05, 0) is 117 Å². The molecule has 58 heavy (non-hydrogen) atoms. The van der Waals surface area contributed by atoms with Crippen molar-refractivity contribution in [3.63, 3.8) is 0 Å². The van der Waals surface area contributed by atoms with Gasteiger partial charge in [0.1, 0.15) is 48.1 Å². The first kappa shape index (κ1) is 44.0. The Labute approximate surface area is 348 Å². The molecule has 0 N–H and O–H groups in total. The summed E-state index contributed by atoms with van der Waals surface area (Å²) in [4.78, 5) is 25.0. The predicted octanol–water partition coefficient (Wildman–Crippen LogP) is 10.9. The minimum Gasteiger partial charge on any atom is -0.462 e. The number of carbonyl (C=O) groups excluding carboxylic acids is 2. The Morgan fingerprint density at radius 2 is 1.02 bits per heavy atom. The van der Waals surface area contributed by atoms with Crippen LogP contribution in [0.2, 0.25) is 0 Å². The maximum absolute atomic E-state index is 14.9. The second-order valence-electron chi connectivity index (χ2n) is 12.5. The highest BCUT2D eigenvalue weighted by molar-refractivity contribution is 9.11. The molecule has 6 aromatic rings. The molecule has 2 heterocycles. The summed E-state index contributed by atoms with van der Waals surface area (Å²) in [6.45, 7) is 4.31. The summed E-state index contributed by atoms with van der Waals surface area (Å²) < 4.78 is 81.1. The van der Waals surface area contributed by atoms with E-state index in [4.69, 9.17) is 18.9 Å². The number of halogens is 6. The monoisotopic (exact) mass is 928 g/mol. The number of hydrogen-bond acceptors (Lipinski definition) is 8. The van der Waals surface area contributed by atoms with Crippen LogP contribution in [0.3, 0.4) is 0 Å². The number of aromatic nitrogens is 4. The van der Waals surface area contributed by atoms with E-state index in [1.807, 2.05) is 13.8 Å². The summed E-state index contributed by atoms with van der Waals surface area (Å²) >= 11 is 6.97. The van der Waals surface area contributed by atoms with Crippen molar-refractivity contribution < 1.29 is 46.1 Å². The molecule has 0 unspecified atom stereocenters. The van der Waals surface area contributed by atoms with Crippen LogP contribution in [0.4, 0.5) is 17.6 Å². The van der Waals surface area contributed by atoms with E-state index in [0.29, 0.717) is 50.0 Å². The summed E-state index contributed by atoms with van der Waals surface area (Å²) in [5.41, 5.74) is 3.11. The van der Waals surface area contributed by atoms with Crippen molar-refractivity contribution in [3.05, 3.63) is 128 Å². The van der Waals surface area contributed by atoms with Crippen LogP contribution in [-0.4, -0.2) is 58.9 Å². The number of nitrogens with zero attached hydrogens (tertiary/aromatic N) is 4. The van der Waals surface area contributed by atoms with E-state index in [9.17, 15) is 27.2 Å². The van der Waals surface area contributed by atoms with Gasteiger partial charge in [-0.2, -0.15) is 10.2 Å². The lowest BCUT2D eigenvalue weighted by molar-refractivity contribution is 0.0496. The summed E-state index contributed by atoms with van der Waals surface area (Å²) in [6, 6.07) is 20.0. The van der Waals surface area contributed by atoms with Gasteiger partial charge in [0.2, 0.25) is 0 Å². The molecular formula is C42H38Br2F4N4O6. The first-order valence-corrected chi connectivity index (χ1v) is 19.5. The quantitative estimate of drug-likeness (QED) is 0.0785. The van der Waals surface area contributed by atoms with Crippen molar-refractivity contribution >= 4 is 43.8 Å². The molecule has 0 radical (unpaired) electrons. The van der Waals surface area contributed by atoms with Gasteiger partial charge in [0.05, 0.1) is 55.8 Å². The van der Waals surface area contributed by atoms with Crippen LogP contribution in [0.1, 0.15) is 47.4 Å². The van der Waals surface area contributed by atoms with E-state index in [0.717, 1.165) is 0 Å². The molecule has 0 atom stereocenters. The molecule has 0 fully saturated rings. The van der Waals surface area contributed by atoms with Crippen molar-refractivity contribution in [1.82, 2.24) is 19.6 Å². The van der Waals surface area contributed by atoms with Crippen LogP contribution >= 0.6 is 31.9 Å². The summed E-state index contributed by atoms with van der Waals surface area (Å²) in [6.07, 6.45) is 1.30. The zero-order chi connectivity index (χ0) is 41.9. The Balaban J connectivity index is 0.000000221. The molecule has 16 heteroatoms. The molecule has 0 bridgehead atoms. The molecule has 0 aliphatic rings. The van der Waals surface area contributed by atoms with E-state index in [1.165, 1.54) is 84.2 Å². The molecule has 0 spiro atoms. The molecule has 0 saturated heterocycles. The van der Waals surface area contributed by atoms with Crippen LogP contribution in [0.25, 0.3) is 45.0 Å². The molecule has 0 amide bonds. The van der Waals surface area contributed by atoms with Gasteiger partial charge >= 0.3 is 11.9 Å². The third kappa shape index (κ3) is 9.92. The normalized spacial score (nSPS) is 10.9. The van der Waals surface area contributed by atoms with E-state index >= 15 is 0 Å². The molecule has 0 saturated carbocycles. The SMILES string of the molecule is CCCOC(=O)c1cccc(F)c1-c1c(Br)c(-c2ccc(F)cc2)nn1COC.CCCOC(=O)c1cccc(F)c1-c1nn(COC)c(-c2ccc(F)cc2)c1Br. The Morgan fingerprint density at radius 1 is 0.586 bits per heavy atom. The first-order valence-electron chi connectivity index (χ1n) is 17.9. The smallest absolute Gasteiger partial charge is 0.338 e. The highest BCUT2D eigenvalue weighted by Gasteiger charge is 2.28. The predicted molar refractivity (Wildman–Crippen MR) is 217 cm³/mol. The van der Waals surface area contributed by atoms with Crippen LogP contribution < -0.4 is 0 Å². The maximum Gasteiger partial charge on any atom is 0.338 e. The Bertz CT molecular complexity index is 2370. The summed E-state index contributed by atoms with van der Waals surface area (Å²) in [5.74, 6) is -3.21. The van der Waals surface area contributed by atoms with E-state index in [1.54, 1.807) is 24.3 Å². The minimum absolute atomic E-state index is 0.0207. The average Bonchev–Trinajstić information content (AvgIpc) is 3.71. The van der Waals surface area contributed by atoms with E-state index in [2.05, 4.69) is 42.1 Å². The van der Waals surface area contributed by atoms with Crippen molar-refractivity contribution in [2.24, 2.45) is 0 Å². The van der Waals surface area contributed by atoms with Gasteiger partial charge in [-0.3, -0.25) is 0 Å². The van der Waals surface area contributed by atoms with E-state index < -0.39 is 23.6 Å². The average molecular weight is 931 g/mol. The molecule has 4 aromatic carbocycles. The number of ether oxygens (including phenoxy) is 4. The van der Waals surface area contributed by atoms with Gasteiger partial charge < -0.3 is 18.9 Å². The third-order valence-electron chi connectivity index (χ3n) is 8.34. The molecule has 10 nitrogen and oxygen atoms in total. The molecule has 0 aliphatic carbocycles. The van der Waals surface area contributed by atoms with Gasteiger partial charge in [0, 0.05) is 25.3 Å². The van der Waals surface area contributed by atoms with Crippen molar-refractivity contribution in [2.75, 3.05) is 27.4 Å². The summed E-state index contributed by atoms with van der Waals surface area (Å²) in [5, 5.41) is 8.94. The number of esters is 2. The Hall–Kier alpha value is -5.16. The fourth-order valence-electron chi connectivity index (χ4n) is 5.80.